The van der Waals surface area contributed by atoms with Crippen molar-refractivity contribution in [3.8, 4) is 11.1 Å². The third-order valence-electron chi connectivity index (χ3n) is 7.58. The molecule has 1 heterocycles. The minimum atomic E-state index is -4.15. The highest BCUT2D eigenvalue weighted by atomic mass is 32.2. The summed E-state index contributed by atoms with van der Waals surface area (Å²) in [7, 11) is -4.67. The summed E-state index contributed by atoms with van der Waals surface area (Å²) in [5, 5.41) is 21.3. The van der Waals surface area contributed by atoms with Gasteiger partial charge in [-0.05, 0) is 56.4 Å². The number of rotatable bonds is 13. The largest absolute Gasteiger partial charge is 0.494 e. The molecule has 13 nitrogen and oxygen atoms in total. The Morgan fingerprint density at radius 2 is 1.31 bits per heavy atom. The van der Waals surface area contributed by atoms with Crippen LogP contribution in [0.2, 0.25) is 0 Å². The van der Waals surface area contributed by atoms with Crippen LogP contribution in [-0.4, -0.2) is 92.4 Å². The van der Waals surface area contributed by atoms with E-state index in [1.165, 1.54) is 12.1 Å². The van der Waals surface area contributed by atoms with Crippen molar-refractivity contribution in [3.05, 3.63) is 48.5 Å². The molecule has 0 bridgehead atoms. The summed E-state index contributed by atoms with van der Waals surface area (Å²) in [5.41, 5.74) is 1.49. The van der Waals surface area contributed by atoms with Crippen molar-refractivity contribution >= 4 is 40.5 Å². The summed E-state index contributed by atoms with van der Waals surface area (Å²) >= 11 is 0. The van der Waals surface area contributed by atoms with E-state index >= 15 is 0 Å². The number of nitrogens with one attached hydrogen (secondary N) is 1. The first kappa shape index (κ1) is 36.1. The van der Waals surface area contributed by atoms with Crippen LogP contribution >= 0.6 is 0 Å². The molecule has 0 radical (unpaired) electrons. The van der Waals surface area contributed by atoms with Crippen LogP contribution in [0.1, 0.15) is 48.5 Å². The van der Waals surface area contributed by atoms with Gasteiger partial charge in [-0.2, -0.15) is 0 Å². The smallest absolute Gasteiger partial charge is 0.462 e. The zero-order valence-electron chi connectivity index (χ0n) is 26.3. The monoisotopic (exact) mass is 649 g/mol. The average Bonchev–Trinajstić information content (AvgIpc) is 3.18. The summed E-state index contributed by atoms with van der Waals surface area (Å²) in [6.45, 7) is 9.78. The molecule has 0 spiro atoms. The van der Waals surface area contributed by atoms with E-state index in [1.54, 1.807) is 12.1 Å². The molecule has 3 rings (SSSR count). The van der Waals surface area contributed by atoms with Gasteiger partial charge in [0.1, 0.15) is 12.7 Å². The lowest BCUT2D eigenvalue weighted by molar-refractivity contribution is -0.188. The maximum Gasteiger partial charge on any atom is 0.494 e. The van der Waals surface area contributed by atoms with Gasteiger partial charge < -0.3 is 33.7 Å². The fraction of sp³-hybridized carbons (Fsp3) is 0.500. The summed E-state index contributed by atoms with van der Waals surface area (Å²) in [4.78, 5) is 34.4. The molecule has 2 aromatic carbocycles. The van der Waals surface area contributed by atoms with E-state index in [-0.39, 0.29) is 4.90 Å². The molecule has 15 heteroatoms. The van der Waals surface area contributed by atoms with Crippen LogP contribution in [0.3, 0.4) is 0 Å². The van der Waals surface area contributed by atoms with E-state index in [9.17, 15) is 33.0 Å². The van der Waals surface area contributed by atoms with Gasteiger partial charge in [0.2, 0.25) is 10.0 Å². The summed E-state index contributed by atoms with van der Waals surface area (Å²) < 4.78 is 55.2. The summed E-state index contributed by atoms with van der Waals surface area (Å²) in [5.74, 6) is -2.47. The molecule has 0 amide bonds. The van der Waals surface area contributed by atoms with Gasteiger partial charge in [-0.1, -0.05) is 36.4 Å². The maximum atomic E-state index is 13.0. The van der Waals surface area contributed by atoms with Crippen molar-refractivity contribution in [1.29, 1.82) is 0 Å². The van der Waals surface area contributed by atoms with Crippen molar-refractivity contribution in [2.75, 3.05) is 13.2 Å². The molecule has 1 aliphatic heterocycles. The number of hydrogen-bond acceptors (Lipinski definition) is 12. The van der Waals surface area contributed by atoms with E-state index in [0.717, 1.165) is 37.4 Å². The van der Waals surface area contributed by atoms with Crippen molar-refractivity contribution in [2.24, 2.45) is 0 Å². The normalized spacial score (nSPS) is 18.4. The molecule has 1 aliphatic rings. The first-order valence-electron chi connectivity index (χ1n) is 14.2. The zero-order chi connectivity index (χ0) is 33.7. The molecule has 1 fully saturated rings. The lowest BCUT2D eigenvalue weighted by atomic mass is 9.78. The number of sulfonamides is 1. The SMILES string of the molecule is CC(=O)OC[C@@H](OC(C)=O)[C@@H](OC(C)=O)[C@H](O)[C@@H](O)CNS(=O)(=O)c1ccc(-c2ccc(B3OC(C)(C)C(C)(C)O3)cc2)cc1. The minimum absolute atomic E-state index is 0.106. The predicted octanol–water partition coefficient (Wildman–Crippen LogP) is 1.08. The second kappa shape index (κ2) is 14.4. The van der Waals surface area contributed by atoms with E-state index in [0.29, 0.717) is 0 Å². The van der Waals surface area contributed by atoms with E-state index in [1.807, 2.05) is 52.0 Å². The fourth-order valence-electron chi connectivity index (χ4n) is 4.42. The van der Waals surface area contributed by atoms with Crippen LogP contribution in [-0.2, 0) is 47.9 Å². The van der Waals surface area contributed by atoms with Gasteiger partial charge in [-0.25, -0.2) is 13.1 Å². The van der Waals surface area contributed by atoms with Crippen molar-refractivity contribution in [1.82, 2.24) is 4.72 Å². The Morgan fingerprint density at radius 3 is 1.78 bits per heavy atom. The highest BCUT2D eigenvalue weighted by molar-refractivity contribution is 7.89. The molecule has 45 heavy (non-hydrogen) atoms. The third-order valence-corrected chi connectivity index (χ3v) is 9.02. The molecule has 0 saturated carbocycles. The van der Waals surface area contributed by atoms with E-state index in [2.05, 4.69) is 4.72 Å². The van der Waals surface area contributed by atoms with Gasteiger partial charge in [-0.3, -0.25) is 14.4 Å². The van der Waals surface area contributed by atoms with Gasteiger partial charge in [0, 0.05) is 27.3 Å². The van der Waals surface area contributed by atoms with Gasteiger partial charge in [-0.15, -0.1) is 0 Å². The highest BCUT2D eigenvalue weighted by Crippen LogP contribution is 2.36. The molecule has 0 unspecified atom stereocenters. The first-order chi connectivity index (χ1) is 20.8. The maximum absolute atomic E-state index is 13.0. The van der Waals surface area contributed by atoms with Crippen molar-refractivity contribution < 1.29 is 56.5 Å². The Labute approximate surface area is 263 Å². The Morgan fingerprint density at radius 1 is 0.822 bits per heavy atom. The Balaban J connectivity index is 1.67. The highest BCUT2D eigenvalue weighted by Gasteiger charge is 2.51. The standard InChI is InChI=1S/C30H40BNO12S/c1-18(33)40-17-26(41-19(2)34)28(42-20(3)35)27(37)25(36)16-32-45(38,39)24-14-10-22(11-15-24)21-8-12-23(13-9-21)31-43-29(4,5)30(6,7)44-31/h8-15,25-28,32,36-37H,16-17H2,1-7H3/t25-,26+,27+,28+/m0/s1. The predicted molar refractivity (Wildman–Crippen MR) is 163 cm³/mol. The summed E-state index contributed by atoms with van der Waals surface area (Å²) in [6.07, 6.45) is -6.91. The average molecular weight is 650 g/mol. The van der Waals surface area contributed by atoms with Crippen LogP contribution in [0.15, 0.2) is 53.4 Å². The molecular weight excluding hydrogens is 609 g/mol. The number of esters is 3. The van der Waals surface area contributed by atoms with Gasteiger partial charge in [0.05, 0.1) is 22.2 Å². The topological polar surface area (TPSA) is 184 Å². The van der Waals surface area contributed by atoms with Gasteiger partial charge in [0.25, 0.3) is 0 Å². The molecule has 0 aromatic heterocycles. The Kier molecular flexibility index (Phi) is 11.6. The van der Waals surface area contributed by atoms with Crippen LogP contribution in [0.4, 0.5) is 0 Å². The molecule has 1 saturated heterocycles. The number of aliphatic hydroxyl groups excluding tert-OH is 2. The van der Waals surface area contributed by atoms with Crippen LogP contribution < -0.4 is 10.2 Å². The lowest BCUT2D eigenvalue weighted by Crippen LogP contribution is -2.52. The van der Waals surface area contributed by atoms with Crippen LogP contribution in [0.5, 0.6) is 0 Å². The molecule has 2 aromatic rings. The number of hydrogen-bond donors (Lipinski definition) is 3. The van der Waals surface area contributed by atoms with Gasteiger partial charge in [0.15, 0.2) is 12.2 Å². The van der Waals surface area contributed by atoms with E-state index in [4.69, 9.17) is 23.5 Å². The summed E-state index contributed by atoms with van der Waals surface area (Å²) in [6, 6.07) is 13.6. The quantitative estimate of drug-likeness (QED) is 0.160. The second-order valence-corrected chi connectivity index (χ2v) is 13.4. The number of benzene rings is 2. The lowest BCUT2D eigenvalue weighted by Gasteiger charge is -2.32. The zero-order valence-corrected chi connectivity index (χ0v) is 27.1. The second-order valence-electron chi connectivity index (χ2n) is 11.7. The van der Waals surface area contributed by atoms with Crippen molar-refractivity contribution in [3.63, 3.8) is 0 Å². The Hall–Kier alpha value is -3.34. The molecule has 246 valence electrons. The van der Waals surface area contributed by atoms with Crippen molar-refractivity contribution in [2.45, 2.75) is 89.0 Å². The van der Waals surface area contributed by atoms with Crippen LogP contribution in [0, 0.1) is 0 Å². The number of ether oxygens (including phenoxy) is 3. The minimum Gasteiger partial charge on any atom is -0.462 e. The molecular formula is C30H40BNO12S. The Bertz CT molecular complexity index is 1440. The van der Waals surface area contributed by atoms with Gasteiger partial charge >= 0.3 is 25.0 Å². The molecule has 0 aliphatic carbocycles. The van der Waals surface area contributed by atoms with E-state index < -0.39 is 83.8 Å². The number of carbonyl (C=O) groups excluding carboxylic acids is 3. The number of aliphatic hydroxyl groups is 2. The molecule has 3 N–H and O–H groups in total. The fourth-order valence-corrected chi connectivity index (χ4v) is 5.47. The first-order valence-corrected chi connectivity index (χ1v) is 15.7. The molecule has 4 atom stereocenters. The van der Waals surface area contributed by atoms with Crippen LogP contribution in [0.25, 0.3) is 11.1 Å². The third kappa shape index (κ3) is 9.34. The number of carbonyl (C=O) groups is 3.